The van der Waals surface area contributed by atoms with Gasteiger partial charge in [0.15, 0.2) is 0 Å². The van der Waals surface area contributed by atoms with Gasteiger partial charge in [0.05, 0.1) is 5.25 Å². The fourth-order valence-electron chi connectivity index (χ4n) is 3.30. The van der Waals surface area contributed by atoms with E-state index < -0.39 is 9.84 Å². The quantitative estimate of drug-likeness (QED) is 0.816. The van der Waals surface area contributed by atoms with Crippen molar-refractivity contribution < 1.29 is 8.42 Å². The van der Waals surface area contributed by atoms with Crippen molar-refractivity contribution >= 4 is 9.84 Å². The summed E-state index contributed by atoms with van der Waals surface area (Å²) in [6.45, 7) is 4.22. The molecular formula is C13H26N2O2S. The van der Waals surface area contributed by atoms with Crippen LogP contribution in [0, 0.1) is 5.92 Å². The standard InChI is InChI=1S/C13H26N2O2S/c1-10-6-7-15(9-13(10)14)11-4-3-5-12(8-11)18(2,16)17/h10-13H,3-9,14H2,1-2H3. The number of nitrogens with zero attached hydrogens (tertiary/aromatic N) is 1. The normalized spacial score (nSPS) is 39.7. The molecule has 0 spiro atoms. The Morgan fingerprint density at radius 2 is 1.94 bits per heavy atom. The summed E-state index contributed by atoms with van der Waals surface area (Å²) in [6.07, 6.45) is 6.33. The van der Waals surface area contributed by atoms with Crippen LogP contribution < -0.4 is 5.73 Å². The zero-order valence-corrected chi connectivity index (χ0v) is 12.3. The van der Waals surface area contributed by atoms with Crippen LogP contribution in [0.25, 0.3) is 0 Å². The number of likely N-dealkylation sites (tertiary alicyclic amines) is 1. The summed E-state index contributed by atoms with van der Waals surface area (Å²) in [4.78, 5) is 2.43. The van der Waals surface area contributed by atoms with E-state index in [-0.39, 0.29) is 11.3 Å². The summed E-state index contributed by atoms with van der Waals surface area (Å²) < 4.78 is 23.4. The molecule has 2 fully saturated rings. The van der Waals surface area contributed by atoms with Crippen molar-refractivity contribution in [1.29, 1.82) is 0 Å². The molecule has 106 valence electrons. The van der Waals surface area contributed by atoms with E-state index in [0.717, 1.165) is 45.2 Å². The Bertz CT molecular complexity index is 382. The molecule has 4 atom stereocenters. The van der Waals surface area contributed by atoms with Gasteiger partial charge in [0.1, 0.15) is 9.84 Å². The second-order valence-electron chi connectivity index (χ2n) is 6.20. The topological polar surface area (TPSA) is 63.4 Å². The summed E-state index contributed by atoms with van der Waals surface area (Å²) >= 11 is 0. The summed E-state index contributed by atoms with van der Waals surface area (Å²) in [5.74, 6) is 0.593. The minimum Gasteiger partial charge on any atom is -0.326 e. The maximum absolute atomic E-state index is 11.7. The first-order valence-electron chi connectivity index (χ1n) is 7.06. The molecule has 1 aliphatic carbocycles. The molecule has 0 amide bonds. The predicted molar refractivity (Wildman–Crippen MR) is 74.2 cm³/mol. The molecule has 5 heteroatoms. The zero-order chi connectivity index (χ0) is 13.3. The molecule has 0 aromatic heterocycles. The Kier molecular flexibility index (Phi) is 4.34. The van der Waals surface area contributed by atoms with Crippen molar-refractivity contribution in [3.05, 3.63) is 0 Å². The number of hydrogen-bond donors (Lipinski definition) is 1. The summed E-state index contributed by atoms with van der Waals surface area (Å²) in [7, 11) is -2.88. The van der Waals surface area contributed by atoms with Crippen LogP contribution >= 0.6 is 0 Å². The molecule has 18 heavy (non-hydrogen) atoms. The fourth-order valence-corrected chi connectivity index (χ4v) is 4.46. The van der Waals surface area contributed by atoms with Gasteiger partial charge in [-0.05, 0) is 38.1 Å². The first-order chi connectivity index (χ1) is 8.38. The van der Waals surface area contributed by atoms with Crippen LogP contribution in [0.5, 0.6) is 0 Å². The van der Waals surface area contributed by atoms with E-state index >= 15 is 0 Å². The molecule has 0 radical (unpaired) electrons. The van der Waals surface area contributed by atoms with Crippen molar-refractivity contribution in [2.75, 3.05) is 19.3 Å². The molecule has 4 unspecified atom stereocenters. The number of piperidine rings is 1. The van der Waals surface area contributed by atoms with Gasteiger partial charge in [-0.3, -0.25) is 4.90 Å². The van der Waals surface area contributed by atoms with Gasteiger partial charge in [0.25, 0.3) is 0 Å². The van der Waals surface area contributed by atoms with Crippen molar-refractivity contribution in [1.82, 2.24) is 4.90 Å². The Hall–Kier alpha value is -0.130. The molecule has 0 bridgehead atoms. The van der Waals surface area contributed by atoms with Crippen LogP contribution in [0.3, 0.4) is 0 Å². The molecule has 1 saturated heterocycles. The van der Waals surface area contributed by atoms with Gasteiger partial charge in [-0.1, -0.05) is 13.3 Å². The first-order valence-corrected chi connectivity index (χ1v) is 9.02. The number of sulfone groups is 1. The molecule has 0 aromatic carbocycles. The lowest BCUT2D eigenvalue weighted by Crippen LogP contribution is -2.53. The van der Waals surface area contributed by atoms with Gasteiger partial charge < -0.3 is 5.73 Å². The van der Waals surface area contributed by atoms with E-state index in [2.05, 4.69) is 11.8 Å². The minimum atomic E-state index is -2.88. The van der Waals surface area contributed by atoms with Crippen LogP contribution in [0.1, 0.15) is 39.0 Å². The summed E-state index contributed by atoms with van der Waals surface area (Å²) in [6, 6.07) is 0.675. The average molecular weight is 274 g/mol. The van der Waals surface area contributed by atoms with Crippen LogP contribution in [0.4, 0.5) is 0 Å². The zero-order valence-electron chi connectivity index (χ0n) is 11.5. The predicted octanol–water partition coefficient (Wildman–Crippen LogP) is 1.01. The third kappa shape index (κ3) is 3.25. The van der Waals surface area contributed by atoms with E-state index in [1.165, 1.54) is 6.26 Å². The lowest BCUT2D eigenvalue weighted by molar-refractivity contribution is 0.0978. The first kappa shape index (κ1) is 14.3. The lowest BCUT2D eigenvalue weighted by Gasteiger charge is -2.42. The summed E-state index contributed by atoms with van der Waals surface area (Å²) in [5.41, 5.74) is 6.14. The molecule has 2 N–H and O–H groups in total. The highest BCUT2D eigenvalue weighted by molar-refractivity contribution is 7.91. The molecular weight excluding hydrogens is 248 g/mol. The molecule has 2 aliphatic rings. The van der Waals surface area contributed by atoms with Crippen molar-refractivity contribution in [2.24, 2.45) is 11.7 Å². The van der Waals surface area contributed by atoms with Crippen LogP contribution in [-0.4, -0.2) is 50.0 Å². The molecule has 4 nitrogen and oxygen atoms in total. The van der Waals surface area contributed by atoms with E-state index in [9.17, 15) is 8.42 Å². The minimum absolute atomic E-state index is 0.133. The van der Waals surface area contributed by atoms with Gasteiger partial charge in [0, 0.05) is 24.9 Å². The van der Waals surface area contributed by atoms with Gasteiger partial charge >= 0.3 is 0 Å². The Labute approximate surface area is 111 Å². The average Bonchev–Trinajstić information content (AvgIpc) is 2.32. The van der Waals surface area contributed by atoms with E-state index in [0.29, 0.717) is 12.0 Å². The maximum Gasteiger partial charge on any atom is 0.150 e. The molecule has 2 rings (SSSR count). The third-order valence-corrected chi connectivity index (χ3v) is 6.41. The number of hydrogen-bond acceptors (Lipinski definition) is 4. The van der Waals surface area contributed by atoms with Crippen LogP contribution in [-0.2, 0) is 9.84 Å². The lowest BCUT2D eigenvalue weighted by atomic mass is 9.88. The van der Waals surface area contributed by atoms with Crippen molar-refractivity contribution in [3.63, 3.8) is 0 Å². The fraction of sp³-hybridized carbons (Fsp3) is 1.00. The van der Waals surface area contributed by atoms with E-state index in [1.54, 1.807) is 0 Å². The van der Waals surface area contributed by atoms with Gasteiger partial charge in [-0.25, -0.2) is 8.42 Å². The van der Waals surface area contributed by atoms with Gasteiger partial charge in [0.2, 0.25) is 0 Å². The molecule has 1 aliphatic heterocycles. The third-order valence-electron chi connectivity index (χ3n) is 4.77. The van der Waals surface area contributed by atoms with Gasteiger partial charge in [-0.15, -0.1) is 0 Å². The monoisotopic (exact) mass is 274 g/mol. The highest BCUT2D eigenvalue weighted by atomic mass is 32.2. The Morgan fingerprint density at radius 3 is 2.56 bits per heavy atom. The highest BCUT2D eigenvalue weighted by Gasteiger charge is 2.34. The van der Waals surface area contributed by atoms with E-state index in [4.69, 9.17) is 5.73 Å². The molecule has 0 aromatic rings. The van der Waals surface area contributed by atoms with Gasteiger partial charge in [-0.2, -0.15) is 0 Å². The SMILES string of the molecule is CC1CCN(C2CCCC(S(C)(=O)=O)C2)CC1N. The maximum atomic E-state index is 11.7. The Morgan fingerprint density at radius 1 is 1.22 bits per heavy atom. The largest absolute Gasteiger partial charge is 0.326 e. The van der Waals surface area contributed by atoms with E-state index in [1.807, 2.05) is 0 Å². The Balaban J connectivity index is 1.97. The second-order valence-corrected chi connectivity index (χ2v) is 8.52. The van der Waals surface area contributed by atoms with Crippen LogP contribution in [0.2, 0.25) is 0 Å². The second kappa shape index (κ2) is 5.47. The molecule has 1 saturated carbocycles. The smallest absolute Gasteiger partial charge is 0.150 e. The number of rotatable bonds is 2. The summed E-state index contributed by atoms with van der Waals surface area (Å²) in [5, 5.41) is -0.133. The number of nitrogens with two attached hydrogens (primary N) is 1. The van der Waals surface area contributed by atoms with Crippen molar-refractivity contribution in [3.8, 4) is 0 Å². The van der Waals surface area contributed by atoms with Crippen molar-refractivity contribution in [2.45, 2.75) is 56.4 Å². The van der Waals surface area contributed by atoms with Crippen LogP contribution in [0.15, 0.2) is 0 Å². The molecule has 1 heterocycles. The highest BCUT2D eigenvalue weighted by Crippen LogP contribution is 2.29.